The molecule has 2 aromatic rings. The van der Waals surface area contributed by atoms with Gasteiger partial charge in [-0.15, -0.1) is 24.8 Å². The maximum absolute atomic E-state index is 13.0. The van der Waals surface area contributed by atoms with Gasteiger partial charge in [0.05, 0.1) is 6.20 Å². The summed E-state index contributed by atoms with van der Waals surface area (Å²) in [6, 6.07) is 7.91. The molecular weight excluding hydrogens is 361 g/mol. The van der Waals surface area contributed by atoms with Crippen LogP contribution < -0.4 is 10.2 Å². The van der Waals surface area contributed by atoms with Crippen molar-refractivity contribution in [1.29, 1.82) is 0 Å². The Hall–Kier alpha value is -1.76. The molecule has 0 fully saturated rings. The fraction of sp³-hybridized carbons (Fsp3) is 0.412. The molecule has 1 aromatic carbocycles. The van der Waals surface area contributed by atoms with E-state index in [-0.39, 0.29) is 36.8 Å². The van der Waals surface area contributed by atoms with E-state index in [1.807, 2.05) is 37.3 Å². The average Bonchev–Trinajstić information content (AvgIpc) is 2.90. The number of hydrogen-bond acceptors (Lipinski definition) is 4. The van der Waals surface area contributed by atoms with Crippen LogP contribution >= 0.6 is 24.8 Å². The number of aromatic nitrogens is 2. The van der Waals surface area contributed by atoms with E-state index in [1.165, 1.54) is 11.3 Å². The Balaban J connectivity index is 0.00000156. The molecule has 1 N–H and O–H groups in total. The first-order valence-electron chi connectivity index (χ1n) is 7.84. The Morgan fingerprint density at radius 2 is 1.92 bits per heavy atom. The second-order valence-electron chi connectivity index (χ2n) is 5.98. The van der Waals surface area contributed by atoms with Gasteiger partial charge in [-0.2, -0.15) is 5.10 Å². The second kappa shape index (κ2) is 9.08. The number of amides is 1. The Kier molecular flexibility index (Phi) is 7.73. The third-order valence-corrected chi connectivity index (χ3v) is 4.37. The Morgan fingerprint density at radius 1 is 1.20 bits per heavy atom. The summed E-state index contributed by atoms with van der Waals surface area (Å²) in [6.45, 7) is 2.17. The summed E-state index contributed by atoms with van der Waals surface area (Å²) >= 11 is 0. The van der Waals surface area contributed by atoms with Crippen molar-refractivity contribution in [2.24, 2.45) is 7.05 Å². The quantitative estimate of drug-likeness (QED) is 0.877. The van der Waals surface area contributed by atoms with Crippen LogP contribution in [0, 0.1) is 0 Å². The highest BCUT2D eigenvalue weighted by Gasteiger charge is 2.28. The first-order chi connectivity index (χ1) is 11.1. The van der Waals surface area contributed by atoms with Gasteiger partial charge < -0.3 is 15.1 Å². The lowest BCUT2D eigenvalue weighted by Gasteiger charge is -2.25. The fourth-order valence-corrected chi connectivity index (χ4v) is 3.09. The number of nitrogens with one attached hydrogen (secondary N) is 1. The molecule has 0 aliphatic carbocycles. The van der Waals surface area contributed by atoms with Crippen molar-refractivity contribution in [3.05, 3.63) is 47.8 Å². The van der Waals surface area contributed by atoms with Crippen molar-refractivity contribution in [3.8, 4) is 0 Å². The number of para-hydroxylation sites is 1. The zero-order valence-electron chi connectivity index (χ0n) is 14.7. The molecule has 3 rings (SSSR count). The molecule has 1 aliphatic rings. The minimum atomic E-state index is -0.362. The summed E-state index contributed by atoms with van der Waals surface area (Å²) in [5.41, 5.74) is 3.28. The lowest BCUT2D eigenvalue weighted by atomic mass is 10.1. The van der Waals surface area contributed by atoms with E-state index in [9.17, 15) is 4.79 Å². The summed E-state index contributed by atoms with van der Waals surface area (Å²) in [6.07, 6.45) is 3.63. The lowest BCUT2D eigenvalue weighted by Crippen LogP contribution is -2.41. The number of benzene rings is 1. The maximum Gasteiger partial charge on any atom is 0.244 e. The molecule has 1 amide bonds. The van der Waals surface area contributed by atoms with Gasteiger partial charge in [0.2, 0.25) is 5.91 Å². The molecular formula is C17H25Cl2N5O. The maximum atomic E-state index is 13.0. The van der Waals surface area contributed by atoms with Crippen LogP contribution in [0.1, 0.15) is 17.2 Å². The SMILES string of the molecule is CNC(C(=O)N1CCN(C)c2ccccc2C1)c1cnn(C)c1.Cl.Cl. The largest absolute Gasteiger partial charge is 0.373 e. The van der Waals surface area contributed by atoms with Gasteiger partial charge in [-0.25, -0.2) is 0 Å². The molecule has 0 spiro atoms. The van der Waals surface area contributed by atoms with Gasteiger partial charge in [0.25, 0.3) is 0 Å². The number of halogens is 2. The molecule has 1 atom stereocenters. The normalized spacial score (nSPS) is 14.7. The second-order valence-corrected chi connectivity index (χ2v) is 5.98. The highest BCUT2D eigenvalue weighted by atomic mass is 35.5. The van der Waals surface area contributed by atoms with Crippen LogP contribution in [0.15, 0.2) is 36.7 Å². The van der Waals surface area contributed by atoms with Crippen molar-refractivity contribution < 1.29 is 4.79 Å². The average molecular weight is 386 g/mol. The van der Waals surface area contributed by atoms with E-state index in [1.54, 1.807) is 10.9 Å². The first kappa shape index (κ1) is 21.3. The number of carbonyl (C=O) groups excluding carboxylic acids is 1. The third kappa shape index (κ3) is 4.45. The monoisotopic (exact) mass is 385 g/mol. The molecule has 2 heterocycles. The number of rotatable bonds is 3. The van der Waals surface area contributed by atoms with E-state index >= 15 is 0 Å². The van der Waals surface area contributed by atoms with E-state index < -0.39 is 0 Å². The number of fused-ring (bicyclic) bond motifs is 1. The molecule has 6 nitrogen and oxygen atoms in total. The van der Waals surface area contributed by atoms with Gasteiger partial charge in [-0.3, -0.25) is 9.48 Å². The van der Waals surface area contributed by atoms with Crippen LogP contribution in [0.25, 0.3) is 0 Å². The minimum Gasteiger partial charge on any atom is -0.373 e. The summed E-state index contributed by atoms with van der Waals surface area (Å²) in [7, 11) is 5.74. The van der Waals surface area contributed by atoms with Crippen molar-refractivity contribution in [2.75, 3.05) is 32.1 Å². The molecule has 25 heavy (non-hydrogen) atoms. The van der Waals surface area contributed by atoms with Crippen LogP contribution in [-0.4, -0.2) is 47.8 Å². The standard InChI is InChI=1S/C17H23N5O.2ClH/c1-18-16(14-10-19-21(3)11-14)17(23)22-9-8-20(2)15-7-5-4-6-13(15)12-22;;/h4-7,10-11,16,18H,8-9,12H2,1-3H3;2*1H. The van der Waals surface area contributed by atoms with E-state index in [4.69, 9.17) is 0 Å². The number of anilines is 1. The number of nitrogens with zero attached hydrogens (tertiary/aromatic N) is 4. The van der Waals surface area contributed by atoms with E-state index in [0.29, 0.717) is 13.1 Å². The van der Waals surface area contributed by atoms with E-state index in [0.717, 1.165) is 12.1 Å². The minimum absolute atomic E-state index is 0. The van der Waals surface area contributed by atoms with Gasteiger partial charge in [0.1, 0.15) is 6.04 Å². The summed E-state index contributed by atoms with van der Waals surface area (Å²) in [5.74, 6) is 0.0885. The Labute approximate surface area is 161 Å². The van der Waals surface area contributed by atoms with Gasteiger partial charge >= 0.3 is 0 Å². The lowest BCUT2D eigenvalue weighted by molar-refractivity contribution is -0.134. The van der Waals surface area contributed by atoms with E-state index in [2.05, 4.69) is 34.5 Å². The molecule has 8 heteroatoms. The summed E-state index contributed by atoms with van der Waals surface area (Å²) < 4.78 is 1.72. The molecule has 1 unspecified atom stereocenters. The number of likely N-dealkylation sites (N-methyl/N-ethyl adjacent to an activating group) is 2. The van der Waals surface area contributed by atoms with Gasteiger partial charge in [0, 0.05) is 51.2 Å². The molecule has 0 saturated heterocycles. The highest BCUT2D eigenvalue weighted by Crippen LogP contribution is 2.25. The predicted octanol–water partition coefficient (Wildman–Crippen LogP) is 2.00. The van der Waals surface area contributed by atoms with Crippen molar-refractivity contribution in [3.63, 3.8) is 0 Å². The predicted molar refractivity (Wildman–Crippen MR) is 105 cm³/mol. The van der Waals surface area contributed by atoms with Gasteiger partial charge in [-0.05, 0) is 18.7 Å². The molecule has 138 valence electrons. The topological polar surface area (TPSA) is 53.4 Å². The summed E-state index contributed by atoms with van der Waals surface area (Å²) in [4.78, 5) is 17.2. The highest BCUT2D eigenvalue weighted by molar-refractivity contribution is 5.85. The van der Waals surface area contributed by atoms with Crippen LogP contribution in [0.3, 0.4) is 0 Å². The summed E-state index contributed by atoms with van der Waals surface area (Å²) in [5, 5.41) is 7.30. The third-order valence-electron chi connectivity index (χ3n) is 4.37. The molecule has 1 aromatic heterocycles. The Bertz CT molecular complexity index is 706. The number of hydrogen-bond donors (Lipinski definition) is 1. The van der Waals surface area contributed by atoms with Crippen LogP contribution in [0.4, 0.5) is 5.69 Å². The van der Waals surface area contributed by atoms with Crippen LogP contribution in [-0.2, 0) is 18.4 Å². The smallest absolute Gasteiger partial charge is 0.244 e. The molecule has 0 radical (unpaired) electrons. The number of carbonyl (C=O) groups is 1. The molecule has 0 bridgehead atoms. The first-order valence-corrected chi connectivity index (χ1v) is 7.84. The zero-order valence-corrected chi connectivity index (χ0v) is 16.3. The fourth-order valence-electron chi connectivity index (χ4n) is 3.09. The number of aryl methyl sites for hydroxylation is 1. The zero-order chi connectivity index (χ0) is 16.4. The molecule has 1 aliphatic heterocycles. The van der Waals surface area contributed by atoms with Crippen molar-refractivity contribution >= 4 is 36.4 Å². The van der Waals surface area contributed by atoms with Crippen LogP contribution in [0.5, 0.6) is 0 Å². The van der Waals surface area contributed by atoms with Gasteiger partial charge in [-0.1, -0.05) is 18.2 Å². The van der Waals surface area contributed by atoms with Crippen LogP contribution in [0.2, 0.25) is 0 Å². The van der Waals surface area contributed by atoms with Crippen molar-refractivity contribution in [2.45, 2.75) is 12.6 Å². The Morgan fingerprint density at radius 3 is 2.56 bits per heavy atom. The van der Waals surface area contributed by atoms with Gasteiger partial charge in [0.15, 0.2) is 0 Å². The van der Waals surface area contributed by atoms with Crippen molar-refractivity contribution in [1.82, 2.24) is 20.0 Å². The molecule has 0 saturated carbocycles.